The Kier molecular flexibility index (Phi) is 7.05. The van der Waals surface area contributed by atoms with Crippen molar-refractivity contribution >= 4 is 49.7 Å². The molecule has 0 fully saturated rings. The van der Waals surface area contributed by atoms with E-state index in [1.54, 1.807) is 18.2 Å². The van der Waals surface area contributed by atoms with Crippen LogP contribution in [0.4, 0.5) is 11.4 Å². The Balaban J connectivity index is 1.42. The molecule has 34 heavy (non-hydrogen) atoms. The fourth-order valence-electron chi connectivity index (χ4n) is 3.43. The minimum absolute atomic E-state index is 0.0601. The van der Waals surface area contributed by atoms with E-state index in [4.69, 9.17) is 16.3 Å². The maximum absolute atomic E-state index is 12.8. The van der Waals surface area contributed by atoms with Crippen molar-refractivity contribution < 1.29 is 17.9 Å². The summed E-state index contributed by atoms with van der Waals surface area (Å²) in [5.74, 6) is 0.289. The maximum atomic E-state index is 12.8. The molecule has 0 heterocycles. The van der Waals surface area contributed by atoms with Crippen LogP contribution in [0.15, 0.2) is 95.9 Å². The van der Waals surface area contributed by atoms with Crippen molar-refractivity contribution in [2.75, 3.05) is 10.0 Å². The van der Waals surface area contributed by atoms with Gasteiger partial charge in [-0.25, -0.2) is 8.42 Å². The molecule has 8 heteroatoms. The number of carbonyl (C=O) groups is 1. The summed E-state index contributed by atoms with van der Waals surface area (Å²) in [5.41, 5.74) is 0.828. The summed E-state index contributed by atoms with van der Waals surface area (Å²) in [6.45, 7) is 1.86. The molecule has 1 amide bonds. The van der Waals surface area contributed by atoms with Crippen molar-refractivity contribution in [2.45, 2.75) is 24.3 Å². The molecule has 0 aliphatic heterocycles. The highest BCUT2D eigenvalue weighted by Gasteiger charge is 2.20. The van der Waals surface area contributed by atoms with Crippen LogP contribution in [-0.2, 0) is 14.8 Å². The standard InChI is InChI=1S/C26H23ClN2O4S/c1-2-25(33-23-13-10-18-6-3-4-7-19(18)16-23)26(30)28-21-11-14-24(15-12-21)34(31,32)29-22-9-5-8-20(27)17-22/h3-17,25,29H,2H2,1H3,(H,28,30)/t25-/m0/s1. The highest BCUT2D eigenvalue weighted by Crippen LogP contribution is 2.23. The third kappa shape index (κ3) is 5.68. The zero-order chi connectivity index (χ0) is 24.1. The molecule has 0 saturated carbocycles. The lowest BCUT2D eigenvalue weighted by molar-refractivity contribution is -0.122. The first-order chi connectivity index (χ1) is 16.3. The summed E-state index contributed by atoms with van der Waals surface area (Å²) in [6.07, 6.45) is -0.233. The number of hydrogen-bond donors (Lipinski definition) is 2. The molecule has 0 spiro atoms. The second-order valence-corrected chi connectivity index (χ2v) is 9.77. The van der Waals surface area contributed by atoms with Gasteiger partial charge >= 0.3 is 0 Å². The van der Waals surface area contributed by atoms with Gasteiger partial charge in [0, 0.05) is 10.7 Å². The van der Waals surface area contributed by atoms with Gasteiger partial charge in [-0.1, -0.05) is 54.9 Å². The van der Waals surface area contributed by atoms with Gasteiger partial charge in [-0.2, -0.15) is 0 Å². The van der Waals surface area contributed by atoms with E-state index in [0.717, 1.165) is 10.8 Å². The van der Waals surface area contributed by atoms with E-state index < -0.39 is 16.1 Å². The molecule has 1 atom stereocenters. The average molecular weight is 495 g/mol. The fraction of sp³-hybridized carbons (Fsp3) is 0.115. The summed E-state index contributed by atoms with van der Waals surface area (Å²) in [7, 11) is -3.80. The Morgan fingerprint density at radius 3 is 2.32 bits per heavy atom. The fourth-order valence-corrected chi connectivity index (χ4v) is 4.67. The molecule has 4 aromatic rings. The highest BCUT2D eigenvalue weighted by molar-refractivity contribution is 7.92. The molecular weight excluding hydrogens is 472 g/mol. The third-order valence-electron chi connectivity index (χ3n) is 5.17. The second kappa shape index (κ2) is 10.2. The molecule has 0 aliphatic rings. The summed E-state index contributed by atoms with van der Waals surface area (Å²) in [4.78, 5) is 12.8. The van der Waals surface area contributed by atoms with E-state index in [9.17, 15) is 13.2 Å². The average Bonchev–Trinajstić information content (AvgIpc) is 2.82. The number of halogens is 1. The number of amides is 1. The number of anilines is 2. The van der Waals surface area contributed by atoms with Crippen molar-refractivity contribution in [3.63, 3.8) is 0 Å². The van der Waals surface area contributed by atoms with Crippen LogP contribution in [0.25, 0.3) is 10.8 Å². The summed E-state index contributed by atoms with van der Waals surface area (Å²) < 4.78 is 33.7. The highest BCUT2D eigenvalue weighted by atomic mass is 35.5. The number of nitrogens with one attached hydrogen (secondary N) is 2. The molecule has 4 rings (SSSR count). The Morgan fingerprint density at radius 2 is 1.62 bits per heavy atom. The second-order valence-electron chi connectivity index (χ2n) is 7.65. The number of carbonyl (C=O) groups excluding carboxylic acids is 1. The van der Waals surface area contributed by atoms with Gasteiger partial charge < -0.3 is 10.1 Å². The predicted molar refractivity (Wildman–Crippen MR) is 136 cm³/mol. The van der Waals surface area contributed by atoms with Gasteiger partial charge in [0.25, 0.3) is 15.9 Å². The van der Waals surface area contributed by atoms with Gasteiger partial charge in [0.1, 0.15) is 5.75 Å². The number of ether oxygens (including phenoxy) is 1. The maximum Gasteiger partial charge on any atom is 0.265 e. The first-order valence-corrected chi connectivity index (χ1v) is 12.5. The van der Waals surface area contributed by atoms with Crippen LogP contribution in [0.5, 0.6) is 5.75 Å². The monoisotopic (exact) mass is 494 g/mol. The minimum atomic E-state index is -3.80. The Labute approximate surface area is 203 Å². The number of benzene rings is 4. The normalized spacial score (nSPS) is 12.2. The number of sulfonamides is 1. The lowest BCUT2D eigenvalue weighted by Gasteiger charge is -2.18. The van der Waals surface area contributed by atoms with E-state index in [0.29, 0.717) is 28.6 Å². The molecule has 0 unspecified atom stereocenters. The molecule has 6 nitrogen and oxygen atoms in total. The van der Waals surface area contributed by atoms with Gasteiger partial charge in [-0.15, -0.1) is 0 Å². The number of rotatable bonds is 8. The largest absolute Gasteiger partial charge is 0.481 e. The van der Waals surface area contributed by atoms with E-state index in [1.807, 2.05) is 49.4 Å². The van der Waals surface area contributed by atoms with E-state index in [-0.39, 0.29) is 10.8 Å². The zero-order valence-electron chi connectivity index (χ0n) is 18.4. The Hall–Kier alpha value is -3.55. The minimum Gasteiger partial charge on any atom is -0.481 e. The summed E-state index contributed by atoms with van der Waals surface area (Å²) in [5, 5.41) is 5.33. The summed E-state index contributed by atoms with van der Waals surface area (Å²) >= 11 is 5.92. The SMILES string of the molecule is CC[C@H](Oc1ccc2ccccc2c1)C(=O)Nc1ccc(S(=O)(=O)Nc2cccc(Cl)c2)cc1. The quantitative estimate of drug-likeness (QED) is 0.310. The molecule has 0 bridgehead atoms. The molecule has 4 aromatic carbocycles. The van der Waals surface area contributed by atoms with Crippen LogP contribution in [0.2, 0.25) is 5.02 Å². The molecule has 0 aliphatic carbocycles. The first-order valence-electron chi connectivity index (χ1n) is 10.7. The summed E-state index contributed by atoms with van der Waals surface area (Å²) in [6, 6.07) is 26.0. The van der Waals surface area contributed by atoms with Crippen molar-refractivity contribution in [3.8, 4) is 5.75 Å². The van der Waals surface area contributed by atoms with Gasteiger partial charge in [0.2, 0.25) is 0 Å². The topological polar surface area (TPSA) is 84.5 Å². The van der Waals surface area contributed by atoms with Crippen LogP contribution in [0.1, 0.15) is 13.3 Å². The van der Waals surface area contributed by atoms with Gasteiger partial charge in [-0.3, -0.25) is 9.52 Å². The lowest BCUT2D eigenvalue weighted by atomic mass is 10.1. The van der Waals surface area contributed by atoms with Gasteiger partial charge in [0.15, 0.2) is 6.10 Å². The van der Waals surface area contributed by atoms with Crippen molar-refractivity contribution in [1.29, 1.82) is 0 Å². The smallest absolute Gasteiger partial charge is 0.265 e. The van der Waals surface area contributed by atoms with Crippen molar-refractivity contribution in [1.82, 2.24) is 0 Å². The molecule has 0 aromatic heterocycles. The van der Waals surface area contributed by atoms with Crippen LogP contribution in [0.3, 0.4) is 0 Å². The molecule has 2 N–H and O–H groups in total. The number of hydrogen-bond acceptors (Lipinski definition) is 4. The van der Waals surface area contributed by atoms with Crippen LogP contribution < -0.4 is 14.8 Å². The first kappa shape index (κ1) is 23.6. The Bertz CT molecular complexity index is 1420. The molecular formula is C26H23ClN2O4S. The lowest BCUT2D eigenvalue weighted by Crippen LogP contribution is -2.32. The van der Waals surface area contributed by atoms with Crippen LogP contribution in [-0.4, -0.2) is 20.4 Å². The van der Waals surface area contributed by atoms with Crippen molar-refractivity contribution in [3.05, 3.63) is 96.0 Å². The van der Waals surface area contributed by atoms with Crippen LogP contribution >= 0.6 is 11.6 Å². The number of fused-ring (bicyclic) bond motifs is 1. The van der Waals surface area contributed by atoms with Crippen molar-refractivity contribution in [2.24, 2.45) is 0 Å². The molecule has 174 valence electrons. The molecule has 0 radical (unpaired) electrons. The Morgan fingerprint density at radius 1 is 0.882 bits per heavy atom. The van der Waals surface area contributed by atoms with E-state index in [2.05, 4.69) is 10.0 Å². The van der Waals surface area contributed by atoms with E-state index in [1.165, 1.54) is 30.3 Å². The van der Waals surface area contributed by atoms with Gasteiger partial charge in [0.05, 0.1) is 10.6 Å². The zero-order valence-corrected chi connectivity index (χ0v) is 19.9. The van der Waals surface area contributed by atoms with Crippen LogP contribution in [0, 0.1) is 0 Å². The van der Waals surface area contributed by atoms with E-state index >= 15 is 0 Å². The van der Waals surface area contributed by atoms with Gasteiger partial charge in [-0.05, 0) is 71.8 Å². The third-order valence-corrected chi connectivity index (χ3v) is 6.80. The predicted octanol–water partition coefficient (Wildman–Crippen LogP) is 6.09. The molecule has 0 saturated heterocycles.